The third kappa shape index (κ3) is 5.48. The summed E-state index contributed by atoms with van der Waals surface area (Å²) in [5, 5.41) is 19.0. The molecule has 0 aliphatic carbocycles. The lowest BCUT2D eigenvalue weighted by Crippen LogP contribution is -2.46. The van der Waals surface area contributed by atoms with Gasteiger partial charge in [0.2, 0.25) is 0 Å². The lowest BCUT2D eigenvalue weighted by atomic mass is 9.77. The van der Waals surface area contributed by atoms with Gasteiger partial charge in [-0.05, 0) is 27.7 Å². The zero-order valence-corrected chi connectivity index (χ0v) is 16.1. The first-order chi connectivity index (χ1) is 9.72. The van der Waals surface area contributed by atoms with Gasteiger partial charge in [-0.25, -0.2) is 0 Å². The molecule has 0 atom stereocenters. The fourth-order valence-corrected chi connectivity index (χ4v) is 1.52. The van der Waals surface area contributed by atoms with Crippen LogP contribution in [0, 0.1) is 16.7 Å². The first kappa shape index (κ1) is 21.8. The minimum atomic E-state index is -0.407. The van der Waals surface area contributed by atoms with Crippen LogP contribution in [0.3, 0.4) is 0 Å². The predicted molar refractivity (Wildman–Crippen MR) is 91.0 cm³/mol. The average molecular weight is 318 g/mol. The maximum atomic E-state index is 9.49. The molecule has 0 saturated carbocycles. The van der Waals surface area contributed by atoms with Crippen LogP contribution in [0.15, 0.2) is 0 Å². The van der Waals surface area contributed by atoms with E-state index in [1.54, 1.807) is 0 Å². The summed E-state index contributed by atoms with van der Waals surface area (Å²) in [5.41, 5.74) is -1.41. The molecule has 2 N–H and O–H groups in total. The predicted octanol–water partition coefficient (Wildman–Crippen LogP) is 3.25. The second-order valence-corrected chi connectivity index (χ2v) is 8.83. The van der Waals surface area contributed by atoms with Gasteiger partial charge in [0.05, 0.1) is 37.6 Å². The molecule has 22 heavy (non-hydrogen) atoms. The van der Waals surface area contributed by atoms with E-state index in [-0.39, 0.29) is 30.0 Å². The number of aliphatic hydroxyl groups is 2. The number of hydrogen-bond donors (Lipinski definition) is 2. The number of rotatable bonds is 10. The second-order valence-electron chi connectivity index (χ2n) is 8.83. The topological polar surface area (TPSA) is 58.9 Å². The van der Waals surface area contributed by atoms with Crippen LogP contribution >= 0.6 is 0 Å². The Morgan fingerprint density at radius 1 is 0.682 bits per heavy atom. The summed E-state index contributed by atoms with van der Waals surface area (Å²) in [5.74, 6) is 0.238. The highest BCUT2D eigenvalue weighted by Crippen LogP contribution is 2.35. The SMILES string of the molecule is CC(COC(C)(C)C(C)(C)CO)COC(C)(C)C(C)(C)CO. The third-order valence-electron chi connectivity index (χ3n) is 5.51. The molecule has 0 saturated heterocycles. The zero-order valence-electron chi connectivity index (χ0n) is 16.1. The van der Waals surface area contributed by atoms with Crippen LogP contribution in [0.25, 0.3) is 0 Å². The van der Waals surface area contributed by atoms with E-state index in [1.807, 2.05) is 55.4 Å². The van der Waals surface area contributed by atoms with E-state index in [2.05, 4.69) is 6.92 Å². The Morgan fingerprint density at radius 2 is 0.955 bits per heavy atom. The third-order valence-corrected chi connectivity index (χ3v) is 5.51. The molecule has 0 spiro atoms. The Bertz CT molecular complexity index is 300. The first-order valence-electron chi connectivity index (χ1n) is 8.22. The molecule has 0 bridgehead atoms. The molecule has 0 rings (SSSR count). The van der Waals surface area contributed by atoms with Crippen molar-refractivity contribution in [3.63, 3.8) is 0 Å². The fraction of sp³-hybridized carbons (Fsp3) is 1.00. The van der Waals surface area contributed by atoms with Crippen LogP contribution in [0.1, 0.15) is 62.3 Å². The minimum absolute atomic E-state index is 0.0859. The van der Waals surface area contributed by atoms with Gasteiger partial charge in [-0.15, -0.1) is 0 Å². The maximum absolute atomic E-state index is 9.49. The van der Waals surface area contributed by atoms with Crippen molar-refractivity contribution in [2.45, 2.75) is 73.5 Å². The average Bonchev–Trinajstić information content (AvgIpc) is 2.42. The summed E-state index contributed by atoms with van der Waals surface area (Å²) < 4.78 is 12.1. The summed E-state index contributed by atoms with van der Waals surface area (Å²) in [4.78, 5) is 0. The van der Waals surface area contributed by atoms with Gasteiger partial charge < -0.3 is 19.7 Å². The summed E-state index contributed by atoms with van der Waals surface area (Å²) >= 11 is 0. The Morgan fingerprint density at radius 3 is 1.18 bits per heavy atom. The van der Waals surface area contributed by atoms with Gasteiger partial charge in [-0.1, -0.05) is 34.6 Å². The van der Waals surface area contributed by atoms with E-state index in [4.69, 9.17) is 9.47 Å². The standard InChI is InChI=1S/C18H38O4/c1-14(10-21-17(6,7)15(2,3)12-19)11-22-18(8,9)16(4,5)13-20/h14,19-20H,10-13H2,1-9H3. The molecule has 0 amide bonds. The van der Waals surface area contributed by atoms with Crippen molar-refractivity contribution in [3.8, 4) is 0 Å². The van der Waals surface area contributed by atoms with Gasteiger partial charge >= 0.3 is 0 Å². The molecule has 0 aliphatic rings. The van der Waals surface area contributed by atoms with Crippen LogP contribution in [0.2, 0.25) is 0 Å². The normalized spacial score (nSPS) is 14.7. The van der Waals surface area contributed by atoms with Gasteiger partial charge in [-0.2, -0.15) is 0 Å². The van der Waals surface area contributed by atoms with Crippen molar-refractivity contribution >= 4 is 0 Å². The molecule has 0 aromatic carbocycles. The molecular formula is C18H38O4. The second kappa shape index (κ2) is 7.61. The Labute approximate surface area is 137 Å². The minimum Gasteiger partial charge on any atom is -0.396 e. The molecule has 134 valence electrons. The molecule has 0 radical (unpaired) electrons. The van der Waals surface area contributed by atoms with Crippen molar-refractivity contribution in [1.82, 2.24) is 0 Å². The van der Waals surface area contributed by atoms with Crippen molar-refractivity contribution in [2.75, 3.05) is 26.4 Å². The summed E-state index contributed by atoms with van der Waals surface area (Å²) in [7, 11) is 0. The smallest absolute Gasteiger partial charge is 0.0699 e. The highest BCUT2D eigenvalue weighted by molar-refractivity contribution is 4.88. The number of aliphatic hydroxyl groups excluding tert-OH is 2. The molecule has 0 aliphatic heterocycles. The Kier molecular flexibility index (Phi) is 7.55. The van der Waals surface area contributed by atoms with Crippen molar-refractivity contribution in [1.29, 1.82) is 0 Å². The van der Waals surface area contributed by atoms with E-state index >= 15 is 0 Å². The lowest BCUT2D eigenvalue weighted by molar-refractivity contribution is -0.150. The van der Waals surface area contributed by atoms with Gasteiger partial charge in [-0.3, -0.25) is 0 Å². The largest absolute Gasteiger partial charge is 0.396 e. The zero-order chi connectivity index (χ0) is 17.8. The highest BCUT2D eigenvalue weighted by Gasteiger charge is 2.39. The van der Waals surface area contributed by atoms with E-state index in [0.717, 1.165) is 0 Å². The van der Waals surface area contributed by atoms with Gasteiger partial charge in [0, 0.05) is 16.7 Å². The molecule has 4 heteroatoms. The van der Waals surface area contributed by atoms with Crippen LogP contribution in [-0.4, -0.2) is 47.8 Å². The molecule has 0 fully saturated rings. The van der Waals surface area contributed by atoms with Gasteiger partial charge in [0.15, 0.2) is 0 Å². The molecule has 0 heterocycles. The monoisotopic (exact) mass is 318 g/mol. The molecular weight excluding hydrogens is 280 g/mol. The Balaban J connectivity index is 4.46. The maximum Gasteiger partial charge on any atom is 0.0699 e. The lowest BCUT2D eigenvalue weighted by Gasteiger charge is -2.42. The number of hydrogen-bond acceptors (Lipinski definition) is 4. The summed E-state index contributed by atoms with van der Waals surface area (Å²) in [6.45, 7) is 19.5. The molecule has 0 unspecified atom stereocenters. The van der Waals surface area contributed by atoms with E-state index < -0.39 is 11.2 Å². The van der Waals surface area contributed by atoms with Crippen LogP contribution in [0.4, 0.5) is 0 Å². The first-order valence-corrected chi connectivity index (χ1v) is 8.22. The van der Waals surface area contributed by atoms with Gasteiger partial charge in [0.1, 0.15) is 0 Å². The summed E-state index contributed by atoms with van der Waals surface area (Å²) in [6, 6.07) is 0. The Hall–Kier alpha value is -0.160. The fourth-order valence-electron chi connectivity index (χ4n) is 1.52. The van der Waals surface area contributed by atoms with Crippen molar-refractivity contribution in [2.24, 2.45) is 16.7 Å². The van der Waals surface area contributed by atoms with Gasteiger partial charge in [0.25, 0.3) is 0 Å². The molecule has 4 nitrogen and oxygen atoms in total. The van der Waals surface area contributed by atoms with Crippen molar-refractivity contribution < 1.29 is 19.7 Å². The van der Waals surface area contributed by atoms with Crippen LogP contribution in [0.5, 0.6) is 0 Å². The van der Waals surface area contributed by atoms with E-state index in [1.165, 1.54) is 0 Å². The summed E-state index contributed by atoms with van der Waals surface area (Å²) in [6.07, 6.45) is 0. The van der Waals surface area contributed by atoms with Crippen LogP contribution in [-0.2, 0) is 9.47 Å². The van der Waals surface area contributed by atoms with Crippen molar-refractivity contribution in [3.05, 3.63) is 0 Å². The van der Waals surface area contributed by atoms with E-state index in [0.29, 0.717) is 13.2 Å². The molecule has 0 aromatic rings. The van der Waals surface area contributed by atoms with E-state index in [9.17, 15) is 10.2 Å². The molecule has 0 aromatic heterocycles. The van der Waals surface area contributed by atoms with Crippen LogP contribution < -0.4 is 0 Å². The highest BCUT2D eigenvalue weighted by atomic mass is 16.5. The number of ether oxygens (including phenoxy) is 2. The quantitative estimate of drug-likeness (QED) is 0.649.